The predicted octanol–water partition coefficient (Wildman–Crippen LogP) is 2.32. The van der Waals surface area contributed by atoms with Crippen molar-refractivity contribution in [2.45, 2.75) is 19.8 Å². The Morgan fingerprint density at radius 1 is 1.44 bits per heavy atom. The lowest BCUT2D eigenvalue weighted by molar-refractivity contribution is 0.0990. The molecule has 86 valence electrons. The van der Waals surface area contributed by atoms with Gasteiger partial charge in [0.1, 0.15) is 5.82 Å². The molecule has 16 heavy (non-hydrogen) atoms. The lowest BCUT2D eigenvalue weighted by Gasteiger charge is -2.04. The number of rotatable bonds is 5. The fourth-order valence-corrected chi connectivity index (χ4v) is 1.71. The van der Waals surface area contributed by atoms with Gasteiger partial charge in [0.15, 0.2) is 5.78 Å². The number of carbonyl (C=O) groups excluding carboxylic acids is 1. The molecule has 0 saturated heterocycles. The maximum Gasteiger partial charge on any atom is 0.176 e. The summed E-state index contributed by atoms with van der Waals surface area (Å²) in [5, 5.41) is 3.11. The maximum atomic E-state index is 13.1. The molecule has 0 aliphatic heterocycles. The summed E-state index contributed by atoms with van der Waals surface area (Å²) in [5.41, 5.74) is 1.24. The van der Waals surface area contributed by atoms with Gasteiger partial charge in [0.25, 0.3) is 0 Å². The molecule has 0 unspecified atom stereocenters. The summed E-state index contributed by atoms with van der Waals surface area (Å²) in [7, 11) is 0. The fraction of sp³-hybridized carbons (Fsp3) is 0.462. The lowest BCUT2D eigenvalue weighted by atomic mass is 10.1. The van der Waals surface area contributed by atoms with Crippen molar-refractivity contribution in [1.29, 1.82) is 0 Å². The fourth-order valence-electron chi connectivity index (χ4n) is 1.71. The summed E-state index contributed by atoms with van der Waals surface area (Å²) in [5.74, 6) is 0.371. The smallest absolute Gasteiger partial charge is 0.176 e. The Kier molecular flexibility index (Phi) is 3.34. The highest BCUT2D eigenvalue weighted by Crippen LogP contribution is 2.27. The van der Waals surface area contributed by atoms with Crippen molar-refractivity contribution in [1.82, 2.24) is 5.32 Å². The van der Waals surface area contributed by atoms with Gasteiger partial charge in [-0.25, -0.2) is 4.39 Å². The van der Waals surface area contributed by atoms with Crippen molar-refractivity contribution in [2.24, 2.45) is 5.92 Å². The van der Waals surface area contributed by atoms with Crippen molar-refractivity contribution in [3.8, 4) is 0 Å². The molecule has 0 bridgehead atoms. The van der Waals surface area contributed by atoms with E-state index in [2.05, 4.69) is 5.32 Å². The van der Waals surface area contributed by atoms with Crippen LogP contribution < -0.4 is 5.32 Å². The number of benzene rings is 1. The van der Waals surface area contributed by atoms with E-state index in [-0.39, 0.29) is 11.6 Å². The first-order chi connectivity index (χ1) is 7.65. The van der Waals surface area contributed by atoms with E-state index in [4.69, 9.17) is 0 Å². The molecule has 1 aliphatic carbocycles. The number of nitrogens with one attached hydrogen (secondary N) is 1. The van der Waals surface area contributed by atoms with Gasteiger partial charge in [0.05, 0.1) is 6.54 Å². The Hall–Kier alpha value is -1.22. The number of aryl methyl sites for hydroxylation is 1. The summed E-state index contributed by atoms with van der Waals surface area (Å²) >= 11 is 0. The third-order valence-electron chi connectivity index (χ3n) is 2.78. The summed E-state index contributed by atoms with van der Waals surface area (Å²) in [6.07, 6.45) is 2.53. The van der Waals surface area contributed by atoms with E-state index in [1.807, 2.05) is 0 Å². The van der Waals surface area contributed by atoms with Crippen LogP contribution in [0.2, 0.25) is 0 Å². The van der Waals surface area contributed by atoms with E-state index < -0.39 is 0 Å². The molecule has 1 fully saturated rings. The average molecular weight is 221 g/mol. The van der Waals surface area contributed by atoms with Crippen molar-refractivity contribution in [2.75, 3.05) is 13.1 Å². The molecule has 1 saturated carbocycles. The van der Waals surface area contributed by atoms with Crippen molar-refractivity contribution < 1.29 is 9.18 Å². The van der Waals surface area contributed by atoms with Gasteiger partial charge in [-0.2, -0.15) is 0 Å². The molecule has 1 aliphatic rings. The quantitative estimate of drug-likeness (QED) is 0.773. The minimum Gasteiger partial charge on any atom is -0.309 e. The third-order valence-corrected chi connectivity index (χ3v) is 2.78. The topological polar surface area (TPSA) is 29.1 Å². The van der Waals surface area contributed by atoms with Crippen LogP contribution in [0.3, 0.4) is 0 Å². The van der Waals surface area contributed by atoms with E-state index in [9.17, 15) is 9.18 Å². The molecule has 0 aromatic heterocycles. The van der Waals surface area contributed by atoms with Gasteiger partial charge in [0.2, 0.25) is 0 Å². The second kappa shape index (κ2) is 4.74. The molecular formula is C13H16FNO. The summed E-state index contributed by atoms with van der Waals surface area (Å²) in [6.45, 7) is 3.00. The molecule has 0 spiro atoms. The van der Waals surface area contributed by atoms with Gasteiger partial charge in [-0.1, -0.05) is 0 Å². The highest BCUT2D eigenvalue weighted by molar-refractivity contribution is 5.97. The molecule has 1 N–H and O–H groups in total. The van der Waals surface area contributed by atoms with E-state index in [0.29, 0.717) is 12.1 Å². The van der Waals surface area contributed by atoms with Crippen LogP contribution in [0, 0.1) is 18.7 Å². The second-order valence-corrected chi connectivity index (χ2v) is 4.51. The molecule has 1 aromatic carbocycles. The Morgan fingerprint density at radius 2 is 2.19 bits per heavy atom. The number of hydrogen-bond donors (Lipinski definition) is 1. The summed E-state index contributed by atoms with van der Waals surface area (Å²) < 4.78 is 13.1. The monoisotopic (exact) mass is 221 g/mol. The number of halogens is 1. The van der Waals surface area contributed by atoms with Gasteiger partial charge in [-0.3, -0.25) is 4.79 Å². The van der Waals surface area contributed by atoms with Crippen molar-refractivity contribution in [3.63, 3.8) is 0 Å². The Morgan fingerprint density at radius 3 is 2.81 bits per heavy atom. The molecule has 1 aromatic rings. The number of Topliss-reactive ketones (excluding diaryl/α,β-unsaturated/α-hetero) is 1. The van der Waals surface area contributed by atoms with Crippen LogP contribution in [0.25, 0.3) is 0 Å². The molecule has 2 nitrogen and oxygen atoms in total. The third kappa shape index (κ3) is 3.14. The number of carbonyl (C=O) groups is 1. The molecule has 2 rings (SSSR count). The number of hydrogen-bond acceptors (Lipinski definition) is 2. The van der Waals surface area contributed by atoms with E-state index in [1.54, 1.807) is 13.0 Å². The average Bonchev–Trinajstić information content (AvgIpc) is 3.00. The first-order valence-electron chi connectivity index (χ1n) is 5.66. The second-order valence-electron chi connectivity index (χ2n) is 4.51. The summed E-state index contributed by atoms with van der Waals surface area (Å²) in [6, 6.07) is 4.45. The van der Waals surface area contributed by atoms with Crippen molar-refractivity contribution >= 4 is 5.78 Å². The molecule has 3 heteroatoms. The van der Waals surface area contributed by atoms with Crippen LogP contribution in [-0.2, 0) is 0 Å². The first-order valence-corrected chi connectivity index (χ1v) is 5.66. The SMILES string of the molecule is Cc1cc(F)cc(C(=O)CNCC2CC2)c1. The van der Waals surface area contributed by atoms with Crippen LogP contribution in [0.4, 0.5) is 4.39 Å². The van der Waals surface area contributed by atoms with E-state index in [0.717, 1.165) is 18.0 Å². The summed E-state index contributed by atoms with van der Waals surface area (Å²) in [4.78, 5) is 11.7. The minimum atomic E-state index is -0.342. The van der Waals surface area contributed by atoms with E-state index >= 15 is 0 Å². The predicted molar refractivity (Wildman–Crippen MR) is 61.1 cm³/mol. The standard InChI is InChI=1S/C13H16FNO/c1-9-4-11(6-12(14)5-9)13(16)8-15-7-10-2-3-10/h4-6,10,15H,2-3,7-8H2,1H3. The first kappa shape index (κ1) is 11.3. The van der Waals surface area contributed by atoms with Crippen LogP contribution in [0.1, 0.15) is 28.8 Å². The highest BCUT2D eigenvalue weighted by atomic mass is 19.1. The van der Waals surface area contributed by atoms with Crippen LogP contribution in [-0.4, -0.2) is 18.9 Å². The van der Waals surface area contributed by atoms with Gasteiger partial charge in [-0.15, -0.1) is 0 Å². The number of ketones is 1. The van der Waals surface area contributed by atoms with Crippen molar-refractivity contribution in [3.05, 3.63) is 35.1 Å². The van der Waals surface area contributed by atoms with E-state index in [1.165, 1.54) is 25.0 Å². The molecular weight excluding hydrogens is 205 g/mol. The molecule has 0 heterocycles. The van der Waals surface area contributed by atoms with Gasteiger partial charge in [0, 0.05) is 5.56 Å². The van der Waals surface area contributed by atoms with Gasteiger partial charge >= 0.3 is 0 Å². The van der Waals surface area contributed by atoms with Crippen LogP contribution in [0.15, 0.2) is 18.2 Å². The molecule has 0 atom stereocenters. The van der Waals surface area contributed by atoms with Crippen LogP contribution in [0.5, 0.6) is 0 Å². The lowest BCUT2D eigenvalue weighted by Crippen LogP contribution is -2.25. The molecule has 0 radical (unpaired) electrons. The highest BCUT2D eigenvalue weighted by Gasteiger charge is 2.20. The van der Waals surface area contributed by atoms with Crippen LogP contribution >= 0.6 is 0 Å². The zero-order valence-corrected chi connectivity index (χ0v) is 9.42. The Balaban J connectivity index is 1.91. The normalized spacial score (nSPS) is 15.1. The van der Waals surface area contributed by atoms with Gasteiger partial charge in [-0.05, 0) is 56.0 Å². The largest absolute Gasteiger partial charge is 0.309 e. The maximum absolute atomic E-state index is 13.1. The van der Waals surface area contributed by atoms with Gasteiger partial charge < -0.3 is 5.32 Å². The zero-order chi connectivity index (χ0) is 11.5. The molecule has 0 amide bonds. The minimum absolute atomic E-state index is 0.0387. The zero-order valence-electron chi connectivity index (χ0n) is 9.42. The Bertz CT molecular complexity index is 379. The Labute approximate surface area is 94.9 Å².